The molecule has 0 saturated carbocycles. The highest BCUT2D eigenvalue weighted by molar-refractivity contribution is 5.88. The number of hydrazine groups is 1. The summed E-state index contributed by atoms with van der Waals surface area (Å²) in [6.07, 6.45) is -15.1. The summed E-state index contributed by atoms with van der Waals surface area (Å²) >= 11 is 0. The first kappa shape index (κ1) is 24.3. The van der Waals surface area contributed by atoms with E-state index < -0.39 is 54.2 Å². The molecule has 0 spiro atoms. The average Bonchev–Trinajstić information content (AvgIpc) is 2.55. The second-order valence-electron chi connectivity index (χ2n) is 6.54. The van der Waals surface area contributed by atoms with Crippen LogP contribution >= 0.6 is 0 Å². The molecule has 14 heteroatoms. The van der Waals surface area contributed by atoms with Gasteiger partial charge >= 0.3 is 18.5 Å². The van der Waals surface area contributed by atoms with E-state index in [0.29, 0.717) is 12.1 Å². The van der Waals surface area contributed by atoms with Crippen LogP contribution < -0.4 is 15.3 Å². The molecule has 1 aromatic carbocycles. The maximum absolute atomic E-state index is 13.6. The summed E-state index contributed by atoms with van der Waals surface area (Å²) in [5, 5.41) is 0.198. The van der Waals surface area contributed by atoms with Crippen molar-refractivity contribution >= 4 is 28.3 Å². The van der Waals surface area contributed by atoms with E-state index in [1.54, 1.807) is 0 Å². The number of halogens is 9. The fourth-order valence-corrected chi connectivity index (χ4v) is 2.77. The fraction of sp³-hybridized carbons (Fsp3) is 0.412. The molecule has 0 aliphatic rings. The van der Waals surface area contributed by atoms with Gasteiger partial charge in [0.25, 0.3) is 0 Å². The van der Waals surface area contributed by atoms with Crippen molar-refractivity contribution in [3.05, 3.63) is 29.8 Å². The number of aromatic nitrogens is 1. The quantitative estimate of drug-likeness (QED) is 0.519. The minimum atomic E-state index is -5.03. The van der Waals surface area contributed by atoms with Gasteiger partial charge in [0.2, 0.25) is 5.91 Å². The summed E-state index contributed by atoms with van der Waals surface area (Å²) in [5.74, 6) is -0.950. The molecule has 0 fully saturated rings. The molecular formula is C17H15F9N4O. The highest BCUT2D eigenvalue weighted by Crippen LogP contribution is 2.38. The molecule has 0 bridgehead atoms. The van der Waals surface area contributed by atoms with Crippen molar-refractivity contribution in [3.63, 3.8) is 0 Å². The fourth-order valence-electron chi connectivity index (χ4n) is 2.77. The number of rotatable bonds is 5. The average molecular weight is 462 g/mol. The van der Waals surface area contributed by atoms with Crippen LogP contribution in [0.3, 0.4) is 0 Å². The lowest BCUT2D eigenvalue weighted by atomic mass is 10.1. The zero-order valence-corrected chi connectivity index (χ0v) is 15.9. The van der Waals surface area contributed by atoms with Gasteiger partial charge in [0.15, 0.2) is 0 Å². The third kappa shape index (κ3) is 6.79. The smallest absolute Gasteiger partial charge is 0.353 e. The Morgan fingerprint density at radius 2 is 1.52 bits per heavy atom. The summed E-state index contributed by atoms with van der Waals surface area (Å²) in [5.41, 5.74) is -0.206. The van der Waals surface area contributed by atoms with Crippen LogP contribution in [0.25, 0.3) is 10.9 Å². The van der Waals surface area contributed by atoms with E-state index in [1.807, 2.05) is 0 Å². The topological polar surface area (TPSA) is 48.5 Å². The van der Waals surface area contributed by atoms with Crippen LogP contribution in [-0.4, -0.2) is 43.4 Å². The molecule has 1 aromatic heterocycles. The molecule has 0 radical (unpaired) electrons. The summed E-state index contributed by atoms with van der Waals surface area (Å²) in [4.78, 5) is 14.9. The molecule has 5 nitrogen and oxygen atoms in total. The lowest BCUT2D eigenvalue weighted by Crippen LogP contribution is -2.40. The number of fused-ring (bicyclic) bond motifs is 1. The largest absolute Gasteiger partial charge is 0.417 e. The predicted molar refractivity (Wildman–Crippen MR) is 93.3 cm³/mol. The first-order chi connectivity index (χ1) is 14.0. The number of pyridine rings is 1. The highest BCUT2D eigenvalue weighted by atomic mass is 19.4. The molecule has 1 amide bonds. The van der Waals surface area contributed by atoms with Crippen molar-refractivity contribution in [1.29, 1.82) is 0 Å². The molecular weight excluding hydrogens is 447 g/mol. The van der Waals surface area contributed by atoms with Crippen molar-refractivity contribution in [2.45, 2.75) is 25.5 Å². The van der Waals surface area contributed by atoms with Gasteiger partial charge in [0.1, 0.15) is 18.9 Å². The van der Waals surface area contributed by atoms with Crippen LogP contribution in [0, 0.1) is 0 Å². The lowest BCUT2D eigenvalue weighted by Gasteiger charge is -2.27. The Kier molecular flexibility index (Phi) is 6.52. The van der Waals surface area contributed by atoms with Crippen LogP contribution in [0.2, 0.25) is 0 Å². The second-order valence-corrected chi connectivity index (χ2v) is 6.54. The van der Waals surface area contributed by atoms with Crippen LogP contribution in [0.1, 0.15) is 12.5 Å². The Labute approximate surface area is 169 Å². The molecule has 31 heavy (non-hydrogen) atoms. The SMILES string of the molecule is CC(=O)NN(C)c1cc(C(F)(F)F)c2cc(N(CC(F)(F)F)CC(F)(F)F)ccc2n1. The maximum atomic E-state index is 13.6. The Balaban J connectivity index is 2.65. The molecule has 1 heterocycles. The van der Waals surface area contributed by atoms with E-state index in [0.717, 1.165) is 24.1 Å². The summed E-state index contributed by atoms with van der Waals surface area (Å²) in [7, 11) is 1.21. The van der Waals surface area contributed by atoms with E-state index in [9.17, 15) is 44.3 Å². The zero-order valence-electron chi connectivity index (χ0n) is 15.9. The highest BCUT2D eigenvalue weighted by Gasteiger charge is 2.38. The van der Waals surface area contributed by atoms with Crippen LogP contribution in [0.4, 0.5) is 51.0 Å². The Morgan fingerprint density at radius 1 is 0.968 bits per heavy atom. The summed E-state index contributed by atoms with van der Waals surface area (Å²) in [6, 6.07) is 2.80. The summed E-state index contributed by atoms with van der Waals surface area (Å²) in [6.45, 7) is -2.93. The summed E-state index contributed by atoms with van der Waals surface area (Å²) < 4.78 is 117. The van der Waals surface area contributed by atoms with Crippen LogP contribution in [0.15, 0.2) is 24.3 Å². The monoisotopic (exact) mass is 462 g/mol. The number of nitrogens with zero attached hydrogens (tertiary/aromatic N) is 3. The Hall–Kier alpha value is -2.93. The van der Waals surface area contributed by atoms with Gasteiger partial charge in [0, 0.05) is 25.0 Å². The molecule has 172 valence electrons. The van der Waals surface area contributed by atoms with Gasteiger partial charge in [-0.15, -0.1) is 0 Å². The lowest BCUT2D eigenvalue weighted by molar-refractivity contribution is -0.138. The third-order valence-electron chi connectivity index (χ3n) is 3.86. The number of nitrogens with one attached hydrogen (secondary N) is 1. The Bertz CT molecular complexity index is 937. The number of alkyl halides is 9. The minimum Gasteiger partial charge on any atom is -0.353 e. The van der Waals surface area contributed by atoms with Gasteiger partial charge in [-0.25, -0.2) is 4.98 Å². The van der Waals surface area contributed by atoms with Crippen LogP contribution in [-0.2, 0) is 11.0 Å². The number of hydrogen-bond donors (Lipinski definition) is 1. The first-order valence-electron chi connectivity index (χ1n) is 8.38. The number of carbonyl (C=O) groups excluding carboxylic acids is 1. The molecule has 2 aromatic rings. The molecule has 1 N–H and O–H groups in total. The first-order valence-corrected chi connectivity index (χ1v) is 8.38. The Morgan fingerprint density at radius 3 is 1.97 bits per heavy atom. The van der Waals surface area contributed by atoms with Crippen LogP contribution in [0.5, 0.6) is 0 Å². The number of amides is 1. The van der Waals surface area contributed by atoms with Crippen molar-refractivity contribution in [2.75, 3.05) is 30.0 Å². The van der Waals surface area contributed by atoms with Gasteiger partial charge < -0.3 is 4.90 Å². The van der Waals surface area contributed by atoms with Crippen molar-refractivity contribution in [1.82, 2.24) is 10.4 Å². The van der Waals surface area contributed by atoms with Gasteiger partial charge in [0.05, 0.1) is 11.1 Å². The number of carbonyl (C=O) groups is 1. The zero-order chi connectivity index (χ0) is 23.8. The molecule has 0 unspecified atom stereocenters. The number of anilines is 2. The molecule has 2 rings (SSSR count). The molecule has 0 saturated heterocycles. The van der Waals surface area contributed by atoms with Crippen molar-refractivity contribution in [3.8, 4) is 0 Å². The van der Waals surface area contributed by atoms with Gasteiger partial charge in [-0.1, -0.05) is 0 Å². The number of hydrogen-bond acceptors (Lipinski definition) is 4. The van der Waals surface area contributed by atoms with Gasteiger partial charge in [-0.3, -0.25) is 15.2 Å². The van der Waals surface area contributed by atoms with E-state index >= 15 is 0 Å². The number of benzene rings is 1. The van der Waals surface area contributed by atoms with Gasteiger partial charge in [-0.2, -0.15) is 39.5 Å². The van der Waals surface area contributed by atoms with Crippen molar-refractivity contribution < 1.29 is 44.3 Å². The van der Waals surface area contributed by atoms with Gasteiger partial charge in [-0.05, 0) is 24.3 Å². The van der Waals surface area contributed by atoms with E-state index in [1.165, 1.54) is 7.05 Å². The third-order valence-corrected chi connectivity index (χ3v) is 3.86. The predicted octanol–water partition coefficient (Wildman–Crippen LogP) is 4.67. The van der Waals surface area contributed by atoms with E-state index in [4.69, 9.17) is 0 Å². The standard InChI is InChI=1S/C17H15F9N4O/c1-9(31)28-29(2)14-6-12(17(24,25)26)11-5-10(3-4-13(11)27-14)30(7-15(18,19)20)8-16(21,22)23/h3-6H,7-8H2,1-2H3,(H,28,31). The normalized spacial score (nSPS) is 12.7. The van der Waals surface area contributed by atoms with E-state index in [2.05, 4.69) is 10.4 Å². The molecule has 0 atom stereocenters. The molecule has 0 aliphatic carbocycles. The molecule has 0 aliphatic heterocycles. The van der Waals surface area contributed by atoms with E-state index in [-0.39, 0.29) is 16.2 Å². The van der Waals surface area contributed by atoms with Crippen molar-refractivity contribution in [2.24, 2.45) is 0 Å². The minimum absolute atomic E-state index is 0.114. The maximum Gasteiger partial charge on any atom is 0.417 e. The second kappa shape index (κ2) is 8.30.